The minimum absolute atomic E-state index is 0.146. The molecule has 3 aromatic carbocycles. The number of aryl methyl sites for hydroxylation is 1. The third kappa shape index (κ3) is 5.25. The lowest BCUT2D eigenvalue weighted by molar-refractivity contribution is -0.113. The highest BCUT2D eigenvalue weighted by Gasteiger charge is 2.12. The van der Waals surface area contributed by atoms with Gasteiger partial charge in [0.05, 0.1) is 26.7 Å². The van der Waals surface area contributed by atoms with Crippen LogP contribution in [0.5, 0.6) is 0 Å². The Kier molecular flexibility index (Phi) is 6.56. The SMILES string of the molecule is Cc1ccccc1C(=O)Nc1ccc2nc(SCC(=O)Nc3ccccc3Cl)sc2c1. The first-order chi connectivity index (χ1) is 15.0. The number of rotatable bonds is 6. The molecule has 2 N–H and O–H groups in total. The Hall–Kier alpha value is -2.87. The predicted molar refractivity (Wildman–Crippen MR) is 130 cm³/mol. The van der Waals surface area contributed by atoms with Crippen molar-refractivity contribution in [2.45, 2.75) is 11.3 Å². The molecular weight excluding hydrogens is 450 g/mol. The second-order valence-corrected chi connectivity index (χ2v) is 9.41. The average molecular weight is 468 g/mol. The van der Waals surface area contributed by atoms with Gasteiger partial charge in [-0.05, 0) is 48.9 Å². The van der Waals surface area contributed by atoms with Crippen molar-refractivity contribution in [3.8, 4) is 0 Å². The topological polar surface area (TPSA) is 71.1 Å². The number of carbonyl (C=O) groups excluding carboxylic acids is 2. The molecule has 0 atom stereocenters. The summed E-state index contributed by atoms with van der Waals surface area (Å²) in [5, 5.41) is 6.24. The van der Waals surface area contributed by atoms with Gasteiger partial charge in [-0.25, -0.2) is 4.98 Å². The molecule has 0 fully saturated rings. The molecule has 0 aliphatic carbocycles. The Bertz CT molecular complexity index is 1270. The molecule has 156 valence electrons. The molecule has 0 saturated carbocycles. The van der Waals surface area contributed by atoms with E-state index in [1.165, 1.54) is 23.1 Å². The van der Waals surface area contributed by atoms with Gasteiger partial charge in [0.1, 0.15) is 0 Å². The van der Waals surface area contributed by atoms with Crippen LogP contribution in [-0.2, 0) is 4.79 Å². The maximum absolute atomic E-state index is 12.5. The quantitative estimate of drug-likeness (QED) is 0.329. The second-order valence-electron chi connectivity index (χ2n) is 6.75. The number of hydrogen-bond donors (Lipinski definition) is 2. The Morgan fingerprint density at radius 1 is 1.03 bits per heavy atom. The zero-order chi connectivity index (χ0) is 21.8. The monoisotopic (exact) mass is 467 g/mol. The Morgan fingerprint density at radius 2 is 1.81 bits per heavy atom. The summed E-state index contributed by atoms with van der Waals surface area (Å²) in [4.78, 5) is 29.3. The smallest absolute Gasteiger partial charge is 0.255 e. The fraction of sp³-hybridized carbons (Fsp3) is 0.0870. The van der Waals surface area contributed by atoms with Crippen LogP contribution in [0.25, 0.3) is 10.2 Å². The van der Waals surface area contributed by atoms with Gasteiger partial charge in [0.2, 0.25) is 5.91 Å². The van der Waals surface area contributed by atoms with Crippen LogP contribution in [0.2, 0.25) is 5.02 Å². The van der Waals surface area contributed by atoms with Crippen LogP contribution in [-0.4, -0.2) is 22.6 Å². The van der Waals surface area contributed by atoms with Gasteiger partial charge in [-0.1, -0.05) is 53.7 Å². The Morgan fingerprint density at radius 3 is 2.61 bits per heavy atom. The highest BCUT2D eigenvalue weighted by Crippen LogP contribution is 2.31. The fourth-order valence-corrected chi connectivity index (χ4v) is 5.04. The summed E-state index contributed by atoms with van der Waals surface area (Å²) < 4.78 is 1.73. The zero-order valence-electron chi connectivity index (χ0n) is 16.5. The van der Waals surface area contributed by atoms with E-state index in [0.29, 0.717) is 22.0 Å². The van der Waals surface area contributed by atoms with Gasteiger partial charge in [-0.2, -0.15) is 0 Å². The molecule has 0 bridgehead atoms. The number of nitrogens with one attached hydrogen (secondary N) is 2. The summed E-state index contributed by atoms with van der Waals surface area (Å²) in [7, 11) is 0. The van der Waals surface area contributed by atoms with Gasteiger partial charge >= 0.3 is 0 Å². The second kappa shape index (κ2) is 9.51. The number of fused-ring (bicyclic) bond motifs is 1. The van der Waals surface area contributed by atoms with Crippen LogP contribution in [0.1, 0.15) is 15.9 Å². The normalized spacial score (nSPS) is 10.8. The van der Waals surface area contributed by atoms with E-state index in [9.17, 15) is 9.59 Å². The highest BCUT2D eigenvalue weighted by atomic mass is 35.5. The molecule has 8 heteroatoms. The lowest BCUT2D eigenvalue weighted by atomic mass is 10.1. The molecular formula is C23H18ClN3O2S2. The van der Waals surface area contributed by atoms with Crippen molar-refractivity contribution in [2.24, 2.45) is 0 Å². The minimum Gasteiger partial charge on any atom is -0.324 e. The van der Waals surface area contributed by atoms with Gasteiger partial charge in [-0.15, -0.1) is 11.3 Å². The summed E-state index contributed by atoms with van der Waals surface area (Å²) in [5.74, 6) is -0.0709. The lowest BCUT2D eigenvalue weighted by Gasteiger charge is -2.07. The number of amides is 2. The van der Waals surface area contributed by atoms with Gasteiger partial charge < -0.3 is 10.6 Å². The van der Waals surface area contributed by atoms with Crippen molar-refractivity contribution in [3.63, 3.8) is 0 Å². The molecule has 2 amide bonds. The number of anilines is 2. The number of carbonyl (C=O) groups is 2. The molecule has 0 unspecified atom stereocenters. The molecule has 0 saturated heterocycles. The Labute approximate surface area is 192 Å². The maximum atomic E-state index is 12.5. The molecule has 4 aromatic rings. The van der Waals surface area contributed by atoms with E-state index in [1.54, 1.807) is 18.2 Å². The molecule has 4 rings (SSSR count). The molecule has 0 aliphatic heterocycles. The van der Waals surface area contributed by atoms with E-state index in [0.717, 1.165) is 20.1 Å². The van der Waals surface area contributed by atoms with Crippen molar-refractivity contribution in [1.82, 2.24) is 4.98 Å². The number of benzene rings is 3. The van der Waals surface area contributed by atoms with E-state index in [2.05, 4.69) is 15.6 Å². The summed E-state index contributed by atoms with van der Waals surface area (Å²) in [6.07, 6.45) is 0. The average Bonchev–Trinajstić information content (AvgIpc) is 3.16. The number of para-hydroxylation sites is 1. The van der Waals surface area contributed by atoms with E-state index < -0.39 is 0 Å². The minimum atomic E-state index is -0.150. The molecule has 1 heterocycles. The first-order valence-corrected chi connectivity index (χ1v) is 11.6. The van der Waals surface area contributed by atoms with Crippen molar-refractivity contribution < 1.29 is 9.59 Å². The summed E-state index contributed by atoms with van der Waals surface area (Å²) in [6, 6.07) is 20.2. The van der Waals surface area contributed by atoms with Crippen molar-refractivity contribution in [2.75, 3.05) is 16.4 Å². The van der Waals surface area contributed by atoms with Crippen LogP contribution in [0.3, 0.4) is 0 Å². The lowest BCUT2D eigenvalue weighted by Crippen LogP contribution is -2.14. The number of thiazole rings is 1. The highest BCUT2D eigenvalue weighted by molar-refractivity contribution is 8.01. The molecule has 1 aromatic heterocycles. The van der Waals surface area contributed by atoms with Crippen LogP contribution >= 0.6 is 34.7 Å². The number of hydrogen-bond acceptors (Lipinski definition) is 5. The Balaban J connectivity index is 1.40. The standard InChI is InChI=1S/C23H18ClN3O2S2/c1-14-6-2-3-7-16(14)22(29)25-15-10-11-19-20(12-15)31-23(27-19)30-13-21(28)26-18-9-5-4-8-17(18)24/h2-12H,13H2,1H3,(H,25,29)(H,26,28). The number of thioether (sulfide) groups is 1. The molecule has 5 nitrogen and oxygen atoms in total. The summed E-state index contributed by atoms with van der Waals surface area (Å²) >= 11 is 8.92. The van der Waals surface area contributed by atoms with Crippen molar-refractivity contribution in [1.29, 1.82) is 0 Å². The number of nitrogens with zero attached hydrogens (tertiary/aromatic N) is 1. The van der Waals surface area contributed by atoms with E-state index in [1.807, 2.05) is 55.5 Å². The summed E-state index contributed by atoms with van der Waals surface area (Å²) in [6.45, 7) is 1.91. The molecule has 0 radical (unpaired) electrons. The van der Waals surface area contributed by atoms with Crippen molar-refractivity contribution in [3.05, 3.63) is 82.9 Å². The van der Waals surface area contributed by atoms with Gasteiger partial charge in [0.25, 0.3) is 5.91 Å². The van der Waals surface area contributed by atoms with Gasteiger partial charge in [0.15, 0.2) is 4.34 Å². The van der Waals surface area contributed by atoms with Gasteiger partial charge in [0, 0.05) is 11.3 Å². The van der Waals surface area contributed by atoms with E-state index in [-0.39, 0.29) is 17.6 Å². The number of halogens is 1. The van der Waals surface area contributed by atoms with Crippen molar-refractivity contribution >= 4 is 68.1 Å². The van der Waals surface area contributed by atoms with Gasteiger partial charge in [-0.3, -0.25) is 9.59 Å². The third-order valence-electron chi connectivity index (χ3n) is 4.49. The molecule has 0 aliphatic rings. The first-order valence-electron chi connectivity index (χ1n) is 9.44. The third-order valence-corrected chi connectivity index (χ3v) is 6.98. The first kappa shape index (κ1) is 21.4. The van der Waals surface area contributed by atoms with Crippen LogP contribution < -0.4 is 10.6 Å². The predicted octanol–water partition coefficient (Wildman–Crippen LogP) is 6.24. The number of aromatic nitrogens is 1. The molecule has 31 heavy (non-hydrogen) atoms. The van der Waals surface area contributed by atoms with Crippen LogP contribution in [0.15, 0.2) is 71.1 Å². The zero-order valence-corrected chi connectivity index (χ0v) is 18.9. The molecule has 0 spiro atoms. The van der Waals surface area contributed by atoms with E-state index in [4.69, 9.17) is 11.6 Å². The van der Waals surface area contributed by atoms with Crippen LogP contribution in [0, 0.1) is 6.92 Å². The van der Waals surface area contributed by atoms with Crippen LogP contribution in [0.4, 0.5) is 11.4 Å². The largest absolute Gasteiger partial charge is 0.324 e. The maximum Gasteiger partial charge on any atom is 0.255 e. The van der Waals surface area contributed by atoms with E-state index >= 15 is 0 Å². The summed E-state index contributed by atoms with van der Waals surface area (Å²) in [5.41, 5.74) is 3.69. The fourth-order valence-electron chi connectivity index (χ4n) is 2.95.